The van der Waals surface area contributed by atoms with E-state index >= 15 is 0 Å². The molecule has 0 fully saturated rings. The molecule has 0 atom stereocenters. The number of hydrogen-bond acceptors (Lipinski definition) is 2. The van der Waals surface area contributed by atoms with E-state index in [0.717, 1.165) is 0 Å². The van der Waals surface area contributed by atoms with E-state index < -0.39 is 11.4 Å². The summed E-state index contributed by atoms with van der Waals surface area (Å²) in [7, 11) is 0. The fourth-order valence-electron chi connectivity index (χ4n) is 1.00. The van der Waals surface area contributed by atoms with Crippen LogP contribution in [0.3, 0.4) is 0 Å². The minimum atomic E-state index is -0.862. The fourth-order valence-corrected chi connectivity index (χ4v) is 1.00. The van der Waals surface area contributed by atoms with Crippen LogP contribution in [0.1, 0.15) is 19.4 Å². The minimum absolute atomic E-state index is 0.124. The maximum Gasteiger partial charge on any atom is 0.163 e. The van der Waals surface area contributed by atoms with Crippen LogP contribution in [0.2, 0.25) is 0 Å². The third-order valence-corrected chi connectivity index (χ3v) is 1.80. The van der Waals surface area contributed by atoms with Crippen LogP contribution in [0.25, 0.3) is 0 Å². The molecular formula is C12H10FNO. The van der Waals surface area contributed by atoms with E-state index in [1.807, 2.05) is 0 Å². The van der Waals surface area contributed by atoms with E-state index in [-0.39, 0.29) is 11.3 Å². The van der Waals surface area contributed by atoms with Crippen molar-refractivity contribution in [2.45, 2.75) is 19.4 Å². The van der Waals surface area contributed by atoms with Crippen LogP contribution in [0.4, 0.5) is 4.39 Å². The summed E-state index contributed by atoms with van der Waals surface area (Å²) in [5.41, 5.74) is -0.986. The molecule has 0 unspecified atom stereocenters. The lowest BCUT2D eigenvalue weighted by molar-refractivity contribution is 0.171. The Balaban J connectivity index is 3.13. The van der Waals surface area contributed by atoms with Crippen molar-refractivity contribution in [1.29, 1.82) is 5.26 Å². The highest BCUT2D eigenvalue weighted by atomic mass is 19.1. The zero-order chi connectivity index (χ0) is 11.5. The molecule has 0 aliphatic carbocycles. The van der Waals surface area contributed by atoms with Gasteiger partial charge in [0.15, 0.2) is 5.60 Å². The summed E-state index contributed by atoms with van der Waals surface area (Å²) in [5.74, 6) is 1.97. The van der Waals surface area contributed by atoms with Gasteiger partial charge in [0.25, 0.3) is 0 Å². The van der Waals surface area contributed by atoms with Crippen molar-refractivity contribution < 1.29 is 9.13 Å². The number of nitrogens with zero attached hydrogens (tertiary/aromatic N) is 1. The summed E-state index contributed by atoms with van der Waals surface area (Å²) >= 11 is 0. The minimum Gasteiger partial charge on any atom is -0.474 e. The molecule has 0 saturated heterocycles. The van der Waals surface area contributed by atoms with Gasteiger partial charge in [0, 0.05) is 0 Å². The van der Waals surface area contributed by atoms with E-state index in [2.05, 4.69) is 5.92 Å². The molecule has 1 aromatic rings. The lowest BCUT2D eigenvalue weighted by atomic mass is 10.1. The average Bonchev–Trinajstić information content (AvgIpc) is 2.18. The Kier molecular flexibility index (Phi) is 2.97. The van der Waals surface area contributed by atoms with Crippen LogP contribution in [0, 0.1) is 29.5 Å². The number of rotatable bonds is 2. The van der Waals surface area contributed by atoms with Crippen LogP contribution in [0.5, 0.6) is 5.75 Å². The molecule has 0 heterocycles. The third kappa shape index (κ3) is 2.48. The molecule has 76 valence electrons. The van der Waals surface area contributed by atoms with Crippen molar-refractivity contribution in [2.75, 3.05) is 0 Å². The molecule has 0 amide bonds. The van der Waals surface area contributed by atoms with Crippen molar-refractivity contribution >= 4 is 0 Å². The van der Waals surface area contributed by atoms with E-state index in [9.17, 15) is 4.39 Å². The highest BCUT2D eigenvalue weighted by Gasteiger charge is 2.19. The highest BCUT2D eigenvalue weighted by molar-refractivity contribution is 5.44. The number of hydrogen-bond donors (Lipinski definition) is 0. The summed E-state index contributed by atoms with van der Waals surface area (Å²) in [4.78, 5) is 0. The first kappa shape index (κ1) is 11.1. The fraction of sp³-hybridized carbons (Fsp3) is 0.250. The molecule has 1 rings (SSSR count). The molecule has 0 bridgehead atoms. The number of ether oxygens (including phenoxy) is 1. The summed E-state index contributed by atoms with van der Waals surface area (Å²) in [6, 6.07) is 5.93. The van der Waals surface area contributed by atoms with E-state index in [1.54, 1.807) is 19.9 Å². The van der Waals surface area contributed by atoms with Gasteiger partial charge in [-0.15, -0.1) is 6.42 Å². The zero-order valence-electron chi connectivity index (χ0n) is 8.54. The molecule has 3 heteroatoms. The second kappa shape index (κ2) is 4.02. The van der Waals surface area contributed by atoms with Gasteiger partial charge < -0.3 is 4.74 Å². The van der Waals surface area contributed by atoms with E-state index in [4.69, 9.17) is 16.4 Å². The molecule has 0 aromatic heterocycles. The van der Waals surface area contributed by atoms with Crippen molar-refractivity contribution in [3.05, 3.63) is 29.6 Å². The van der Waals surface area contributed by atoms with Crippen molar-refractivity contribution in [3.63, 3.8) is 0 Å². The Hall–Kier alpha value is -2.00. The van der Waals surface area contributed by atoms with Gasteiger partial charge in [0.2, 0.25) is 0 Å². The first-order valence-corrected chi connectivity index (χ1v) is 4.35. The van der Waals surface area contributed by atoms with Crippen LogP contribution in [0.15, 0.2) is 18.2 Å². The number of terminal acetylenes is 1. The second-order valence-corrected chi connectivity index (χ2v) is 3.48. The van der Waals surface area contributed by atoms with Crippen molar-refractivity contribution in [2.24, 2.45) is 0 Å². The molecule has 15 heavy (non-hydrogen) atoms. The SMILES string of the molecule is C#CC(C)(C)Oc1cccc(F)c1C#N. The average molecular weight is 203 g/mol. The Labute approximate surface area is 88.3 Å². The lowest BCUT2D eigenvalue weighted by Crippen LogP contribution is -2.26. The first-order valence-electron chi connectivity index (χ1n) is 4.35. The molecular weight excluding hydrogens is 193 g/mol. The highest BCUT2D eigenvalue weighted by Crippen LogP contribution is 2.24. The second-order valence-electron chi connectivity index (χ2n) is 3.48. The summed E-state index contributed by atoms with van der Waals surface area (Å²) in [6.07, 6.45) is 5.23. The van der Waals surface area contributed by atoms with Crippen molar-refractivity contribution in [3.8, 4) is 24.2 Å². The van der Waals surface area contributed by atoms with Crippen LogP contribution >= 0.6 is 0 Å². The monoisotopic (exact) mass is 203 g/mol. The Bertz CT molecular complexity index is 452. The van der Waals surface area contributed by atoms with Gasteiger partial charge in [-0.3, -0.25) is 0 Å². The number of benzene rings is 1. The van der Waals surface area contributed by atoms with Gasteiger partial charge in [0.05, 0.1) is 0 Å². The molecule has 0 aliphatic heterocycles. The largest absolute Gasteiger partial charge is 0.474 e. The van der Waals surface area contributed by atoms with Gasteiger partial charge in [-0.2, -0.15) is 5.26 Å². The summed E-state index contributed by atoms with van der Waals surface area (Å²) in [5, 5.41) is 8.75. The summed E-state index contributed by atoms with van der Waals surface area (Å²) in [6.45, 7) is 3.33. The molecule has 0 saturated carbocycles. The quantitative estimate of drug-likeness (QED) is 0.692. The third-order valence-electron chi connectivity index (χ3n) is 1.80. The van der Waals surface area contributed by atoms with Gasteiger partial charge in [-0.1, -0.05) is 12.0 Å². The Morgan fingerprint density at radius 3 is 2.67 bits per heavy atom. The number of nitriles is 1. The molecule has 0 spiro atoms. The van der Waals surface area contributed by atoms with E-state index in [1.165, 1.54) is 18.2 Å². The first-order chi connectivity index (χ1) is 7.00. The van der Waals surface area contributed by atoms with Gasteiger partial charge in [0.1, 0.15) is 23.2 Å². The van der Waals surface area contributed by atoms with Gasteiger partial charge >= 0.3 is 0 Å². The standard InChI is InChI=1S/C12H10FNO/c1-4-12(2,3)15-11-7-5-6-10(13)9(11)8-14/h1,5-7H,2-3H3. The normalized spacial score (nSPS) is 10.2. The van der Waals surface area contributed by atoms with Crippen LogP contribution in [-0.2, 0) is 0 Å². The van der Waals surface area contributed by atoms with Crippen LogP contribution < -0.4 is 4.74 Å². The molecule has 2 nitrogen and oxygen atoms in total. The van der Waals surface area contributed by atoms with Gasteiger partial charge in [-0.25, -0.2) is 4.39 Å². The number of halogens is 1. The lowest BCUT2D eigenvalue weighted by Gasteiger charge is -2.20. The molecule has 0 radical (unpaired) electrons. The molecule has 0 aliphatic rings. The maximum atomic E-state index is 13.2. The topological polar surface area (TPSA) is 33.0 Å². The summed E-state index contributed by atoms with van der Waals surface area (Å²) < 4.78 is 18.5. The Morgan fingerprint density at radius 1 is 1.47 bits per heavy atom. The predicted octanol–water partition coefficient (Wildman–Crippen LogP) is 2.49. The van der Waals surface area contributed by atoms with Crippen molar-refractivity contribution in [1.82, 2.24) is 0 Å². The zero-order valence-corrected chi connectivity index (χ0v) is 8.54. The Morgan fingerprint density at radius 2 is 2.13 bits per heavy atom. The van der Waals surface area contributed by atoms with Crippen LogP contribution in [-0.4, -0.2) is 5.60 Å². The molecule has 1 aromatic carbocycles. The maximum absolute atomic E-state index is 13.2. The smallest absolute Gasteiger partial charge is 0.163 e. The van der Waals surface area contributed by atoms with E-state index in [0.29, 0.717) is 0 Å². The van der Waals surface area contributed by atoms with Gasteiger partial charge in [-0.05, 0) is 26.0 Å². The predicted molar refractivity (Wildman–Crippen MR) is 54.7 cm³/mol. The molecule has 0 N–H and O–H groups in total.